The fourth-order valence-electron chi connectivity index (χ4n) is 5.90. The molecule has 0 saturated carbocycles. The van der Waals surface area contributed by atoms with Crippen molar-refractivity contribution in [2.75, 3.05) is 25.5 Å². The highest BCUT2D eigenvalue weighted by atomic mass is 16.6. The SMILES string of the molecule is CC.CNCCCC[C@H](NC(=O)[C@@H](Cc1ccccc1)N=C([O-])OCC1c2ccccc2-c2ccccc21)C(=O)Nc1ccc(CO)cc1. The number of benzene rings is 4. The number of nitrogens with zero attached hydrogens (tertiary/aromatic N) is 1. The van der Waals surface area contributed by atoms with Crippen LogP contribution < -0.4 is 21.1 Å². The molecule has 0 aliphatic heterocycles. The van der Waals surface area contributed by atoms with Gasteiger partial charge in [0.05, 0.1) is 6.61 Å². The second-order valence-corrected chi connectivity index (χ2v) is 11.6. The molecule has 4 aromatic rings. The Morgan fingerprint density at radius 3 is 2.04 bits per heavy atom. The first-order valence-electron chi connectivity index (χ1n) is 17.0. The molecule has 2 amide bonds. The smallest absolute Gasteiger partial charge is 0.246 e. The Labute approximate surface area is 289 Å². The number of aliphatic hydroxyl groups excluding tert-OH is 1. The molecule has 9 heteroatoms. The van der Waals surface area contributed by atoms with Crippen molar-refractivity contribution in [3.05, 3.63) is 125 Å². The Kier molecular flexibility index (Phi) is 14.4. The summed E-state index contributed by atoms with van der Waals surface area (Å²) in [6, 6.07) is 30.4. The van der Waals surface area contributed by atoms with E-state index in [4.69, 9.17) is 4.74 Å². The summed E-state index contributed by atoms with van der Waals surface area (Å²) in [6.07, 6.45) is 1.24. The van der Waals surface area contributed by atoms with E-state index in [0.29, 0.717) is 18.5 Å². The summed E-state index contributed by atoms with van der Waals surface area (Å²) in [7, 11) is 1.86. The average Bonchev–Trinajstić information content (AvgIpc) is 3.46. The van der Waals surface area contributed by atoms with Gasteiger partial charge in [-0.25, -0.2) is 0 Å². The van der Waals surface area contributed by atoms with Crippen LogP contribution in [0.3, 0.4) is 0 Å². The van der Waals surface area contributed by atoms with E-state index >= 15 is 0 Å². The van der Waals surface area contributed by atoms with E-state index in [9.17, 15) is 19.8 Å². The minimum Gasteiger partial charge on any atom is -0.599 e. The Morgan fingerprint density at radius 2 is 1.43 bits per heavy atom. The minimum absolute atomic E-state index is 0.0849. The Balaban J connectivity index is 0.00000265. The first-order chi connectivity index (χ1) is 24.0. The predicted octanol–water partition coefficient (Wildman–Crippen LogP) is 5.17. The largest absolute Gasteiger partial charge is 0.599 e. The maximum atomic E-state index is 13.8. The quantitative estimate of drug-likeness (QED) is 0.0788. The van der Waals surface area contributed by atoms with E-state index in [1.165, 1.54) is 0 Å². The van der Waals surface area contributed by atoms with Gasteiger partial charge >= 0.3 is 0 Å². The van der Waals surface area contributed by atoms with Crippen LogP contribution >= 0.6 is 0 Å². The summed E-state index contributed by atoms with van der Waals surface area (Å²) in [5.74, 6) is -1.05. The fourth-order valence-corrected chi connectivity index (χ4v) is 5.90. The summed E-state index contributed by atoms with van der Waals surface area (Å²) in [5.41, 5.74) is 6.49. The number of ether oxygens (including phenoxy) is 1. The number of fused-ring (bicyclic) bond motifs is 3. The van der Waals surface area contributed by atoms with E-state index < -0.39 is 24.1 Å². The number of amides is 2. The van der Waals surface area contributed by atoms with Crippen molar-refractivity contribution in [1.29, 1.82) is 0 Å². The molecule has 1 aliphatic carbocycles. The van der Waals surface area contributed by atoms with Crippen LogP contribution in [0, 0.1) is 0 Å². The van der Waals surface area contributed by atoms with Crippen LogP contribution in [0.4, 0.5) is 5.69 Å². The number of carbonyl (C=O) groups is 2. The molecule has 5 rings (SSSR count). The maximum absolute atomic E-state index is 13.8. The number of anilines is 1. The fraction of sp³-hybridized carbons (Fsp3) is 0.325. The van der Waals surface area contributed by atoms with Gasteiger partial charge in [-0.2, -0.15) is 0 Å². The van der Waals surface area contributed by atoms with Gasteiger partial charge in [-0.1, -0.05) is 105 Å². The van der Waals surface area contributed by atoms with Gasteiger partial charge < -0.3 is 30.9 Å². The molecule has 0 radical (unpaired) electrons. The number of hydrogen-bond acceptors (Lipinski definition) is 7. The molecule has 4 N–H and O–H groups in total. The molecular formula is C40H47N4O5-. The lowest BCUT2D eigenvalue weighted by Crippen LogP contribution is -2.48. The predicted molar refractivity (Wildman–Crippen MR) is 193 cm³/mol. The van der Waals surface area contributed by atoms with Crippen LogP contribution in [0.25, 0.3) is 11.1 Å². The van der Waals surface area contributed by atoms with Crippen LogP contribution in [0.15, 0.2) is 108 Å². The molecule has 0 fully saturated rings. The number of aliphatic imine (C=N–C) groups is 1. The van der Waals surface area contributed by atoms with Crippen molar-refractivity contribution in [2.24, 2.45) is 4.99 Å². The first-order valence-corrected chi connectivity index (χ1v) is 17.0. The third kappa shape index (κ3) is 10.2. The summed E-state index contributed by atoms with van der Waals surface area (Å²) in [4.78, 5) is 31.4. The molecule has 258 valence electrons. The molecule has 0 saturated heterocycles. The van der Waals surface area contributed by atoms with Crippen molar-refractivity contribution in [3.63, 3.8) is 0 Å². The van der Waals surface area contributed by atoms with Gasteiger partial charge in [0, 0.05) is 24.6 Å². The van der Waals surface area contributed by atoms with Gasteiger partial charge in [-0.15, -0.1) is 0 Å². The van der Waals surface area contributed by atoms with Gasteiger partial charge in [0.25, 0.3) is 0 Å². The highest BCUT2D eigenvalue weighted by molar-refractivity contribution is 5.98. The van der Waals surface area contributed by atoms with Crippen molar-refractivity contribution in [1.82, 2.24) is 10.6 Å². The molecule has 0 unspecified atom stereocenters. The summed E-state index contributed by atoms with van der Waals surface area (Å²) in [5, 5.41) is 31.4. The molecule has 0 bridgehead atoms. The van der Waals surface area contributed by atoms with E-state index in [0.717, 1.165) is 46.3 Å². The van der Waals surface area contributed by atoms with E-state index in [2.05, 4.69) is 33.1 Å². The van der Waals surface area contributed by atoms with Gasteiger partial charge in [0.15, 0.2) is 0 Å². The molecule has 0 spiro atoms. The van der Waals surface area contributed by atoms with E-state index in [1.54, 1.807) is 24.3 Å². The zero-order valence-corrected chi connectivity index (χ0v) is 28.5. The summed E-state index contributed by atoms with van der Waals surface area (Å²) >= 11 is 0. The second-order valence-electron chi connectivity index (χ2n) is 11.6. The van der Waals surface area contributed by atoms with Crippen molar-refractivity contribution in [2.45, 2.75) is 64.1 Å². The van der Waals surface area contributed by atoms with Crippen LogP contribution in [0.2, 0.25) is 0 Å². The minimum atomic E-state index is -1.11. The van der Waals surface area contributed by atoms with Crippen molar-refractivity contribution in [3.8, 4) is 11.1 Å². The number of rotatable bonds is 15. The zero-order chi connectivity index (χ0) is 35.0. The van der Waals surface area contributed by atoms with E-state index in [-0.39, 0.29) is 31.5 Å². The van der Waals surface area contributed by atoms with Gasteiger partial charge in [-0.3, -0.25) is 14.6 Å². The van der Waals surface area contributed by atoms with Gasteiger partial charge in [0.2, 0.25) is 11.8 Å². The lowest BCUT2D eigenvalue weighted by atomic mass is 9.98. The third-order valence-electron chi connectivity index (χ3n) is 8.38. The third-order valence-corrected chi connectivity index (χ3v) is 8.38. The molecule has 49 heavy (non-hydrogen) atoms. The van der Waals surface area contributed by atoms with Crippen molar-refractivity contribution < 1.29 is 24.5 Å². The monoisotopic (exact) mass is 663 g/mol. The molecular weight excluding hydrogens is 616 g/mol. The molecule has 2 atom stereocenters. The Morgan fingerprint density at radius 1 is 0.816 bits per heavy atom. The van der Waals surface area contributed by atoms with Crippen LogP contribution in [-0.4, -0.2) is 55.3 Å². The highest BCUT2D eigenvalue weighted by Gasteiger charge is 2.28. The number of nitrogens with one attached hydrogen (secondary N) is 3. The molecule has 0 heterocycles. The Bertz CT molecular complexity index is 1610. The normalized spacial score (nSPS) is 13.3. The molecule has 9 nitrogen and oxygen atoms in total. The lowest BCUT2D eigenvalue weighted by Gasteiger charge is -2.24. The van der Waals surface area contributed by atoms with Gasteiger partial charge in [-0.05, 0) is 78.4 Å². The van der Waals surface area contributed by atoms with Crippen molar-refractivity contribution >= 4 is 23.6 Å². The number of aliphatic hydroxyl groups is 1. The van der Waals surface area contributed by atoms with Gasteiger partial charge in [0.1, 0.15) is 18.2 Å². The highest BCUT2D eigenvalue weighted by Crippen LogP contribution is 2.44. The molecule has 4 aromatic carbocycles. The van der Waals surface area contributed by atoms with Crippen LogP contribution in [-0.2, 0) is 27.4 Å². The summed E-state index contributed by atoms with van der Waals surface area (Å²) in [6.45, 7) is 4.76. The van der Waals surface area contributed by atoms with Crippen LogP contribution in [0.5, 0.6) is 0 Å². The molecule has 0 aromatic heterocycles. The average molecular weight is 664 g/mol. The number of unbranched alkanes of at least 4 members (excludes halogenated alkanes) is 1. The first kappa shape index (κ1) is 36.8. The lowest BCUT2D eigenvalue weighted by molar-refractivity contribution is -0.251. The maximum Gasteiger partial charge on any atom is 0.246 e. The van der Waals surface area contributed by atoms with E-state index in [1.807, 2.05) is 87.6 Å². The Hall–Kier alpha value is -4.99. The second kappa shape index (κ2) is 19.1. The molecule has 1 aliphatic rings. The number of hydrogen-bond donors (Lipinski definition) is 4. The summed E-state index contributed by atoms with van der Waals surface area (Å²) < 4.78 is 5.71. The standard InChI is InChI=1S/C38H42N4O5.C2H6/c1-39-22-10-9-17-34(36(44)40-28-20-18-27(24-43)19-21-28)41-37(45)35(23-26-11-3-2-4-12-26)42-38(46)47-25-33-31-15-7-5-13-29(31)30-14-6-8-16-32(30)33;1-2/h2-8,11-16,18-21,33-35,39,43H,9-10,17,22-25H2,1H3,(H,40,44)(H,41,45)(H,42,46);1-2H3/p-1/t34-,35+;/m0./s1. The van der Waals surface area contributed by atoms with Crippen LogP contribution in [0.1, 0.15) is 61.3 Å². The zero-order valence-electron chi connectivity index (χ0n) is 28.5. The number of carbonyl (C=O) groups excluding carboxylic acids is 2. The topological polar surface area (TPSA) is 135 Å².